The number of nitrogen functional groups attached to an aromatic ring is 1. The number of nitrogens with one attached hydrogen (secondary N) is 3. The van der Waals surface area contributed by atoms with Crippen molar-refractivity contribution in [3.05, 3.63) is 36.2 Å². The molecule has 2 amide bonds. The first-order chi connectivity index (χ1) is 19.9. The molecule has 2 saturated heterocycles. The van der Waals surface area contributed by atoms with E-state index in [1.165, 1.54) is 13.8 Å². The Morgan fingerprint density at radius 3 is 2.69 bits per heavy atom. The second-order valence-corrected chi connectivity index (χ2v) is 11.6. The summed E-state index contributed by atoms with van der Waals surface area (Å²) in [7, 11) is -4.95. The number of hydrogen-bond acceptors (Lipinski definition) is 15. The number of nitrogens with two attached hydrogens (primary N) is 1. The van der Waals surface area contributed by atoms with Crippen LogP contribution in [0.15, 0.2) is 35.5 Å². The van der Waals surface area contributed by atoms with E-state index in [2.05, 4.69) is 39.7 Å². The summed E-state index contributed by atoms with van der Waals surface area (Å²) in [5.74, 6) is -0.569. The normalized spacial score (nSPS) is 18.7. The van der Waals surface area contributed by atoms with Crippen LogP contribution in [0.1, 0.15) is 19.7 Å². The number of oxime groups is 1. The van der Waals surface area contributed by atoms with Gasteiger partial charge >= 0.3 is 10.4 Å². The van der Waals surface area contributed by atoms with E-state index in [4.69, 9.17) is 19.9 Å². The number of aromatic nitrogens is 3. The van der Waals surface area contributed by atoms with Gasteiger partial charge in [-0.05, 0) is 44.2 Å². The molecule has 5 rings (SSSR count). The average Bonchev–Trinajstić information content (AvgIpc) is 3.34. The van der Waals surface area contributed by atoms with Crippen molar-refractivity contribution in [3.8, 4) is 5.75 Å². The summed E-state index contributed by atoms with van der Waals surface area (Å²) in [5, 5.41) is 14.2. The van der Waals surface area contributed by atoms with E-state index in [1.54, 1.807) is 6.07 Å². The van der Waals surface area contributed by atoms with Gasteiger partial charge in [0.1, 0.15) is 24.2 Å². The summed E-state index contributed by atoms with van der Waals surface area (Å²) < 4.78 is 45.0. The summed E-state index contributed by atoms with van der Waals surface area (Å²) in [6.07, 6.45) is 0. The molecule has 2 fully saturated rings. The Hall–Kier alpha value is -4.17. The molecule has 6 N–H and O–H groups in total. The number of hydroxylamine groups is 2. The minimum absolute atomic E-state index is 0.0607. The van der Waals surface area contributed by atoms with Gasteiger partial charge in [-0.2, -0.15) is 22.8 Å². The van der Waals surface area contributed by atoms with Crippen LogP contribution in [0.4, 0.5) is 10.9 Å². The molecule has 0 saturated carbocycles. The van der Waals surface area contributed by atoms with Gasteiger partial charge in [0.2, 0.25) is 11.5 Å². The highest BCUT2D eigenvalue weighted by molar-refractivity contribution is 7.80. The van der Waals surface area contributed by atoms with Crippen LogP contribution in [0.3, 0.4) is 0 Å². The second-order valence-electron chi connectivity index (χ2n) is 9.82. The van der Waals surface area contributed by atoms with E-state index in [9.17, 15) is 18.0 Å². The maximum absolute atomic E-state index is 13.0. The van der Waals surface area contributed by atoms with Crippen LogP contribution >= 0.6 is 11.5 Å². The zero-order valence-corrected chi connectivity index (χ0v) is 23.9. The molecular formula is C23H27N9O8S2. The Kier molecular flexibility index (Phi) is 8.10. The number of fused-ring (bicyclic) bond motifs is 1. The lowest BCUT2D eigenvalue weighted by Crippen LogP contribution is -2.76. The number of hydrogen-bond donors (Lipinski definition) is 5. The zero-order chi connectivity index (χ0) is 30.1. The Morgan fingerprint density at radius 1 is 1.26 bits per heavy atom. The molecule has 1 aromatic carbocycles. The Morgan fingerprint density at radius 2 is 2.05 bits per heavy atom. The first-order valence-corrected chi connectivity index (χ1v) is 14.7. The standard InChI is InChI=1S/C23H27N9O8S2/c1-23(2)18(21(34)32(23)40-42(35,36)37)28-20(33)17(19-29-22(24)41-31-19)30-39-8-7-38-14-4-5-15-12(9-14)3-6-16(27-15)26-13-10-25-11-13/h3-6,9,13,18,25H,7-8,10-11H2,1-2H3,(H,26,27)(H,28,33)(H2,24,29,31)(H,35,36,37)/b30-17-/t18-/m1/s1. The Bertz CT molecular complexity index is 1640. The minimum Gasteiger partial charge on any atom is -0.490 e. The van der Waals surface area contributed by atoms with Gasteiger partial charge < -0.3 is 31.3 Å². The molecule has 1 atom stereocenters. The molecule has 224 valence electrons. The van der Waals surface area contributed by atoms with E-state index in [1.807, 2.05) is 24.3 Å². The molecule has 42 heavy (non-hydrogen) atoms. The van der Waals surface area contributed by atoms with Crippen LogP contribution < -0.4 is 26.4 Å². The number of rotatable bonds is 12. The third-order valence-corrected chi connectivity index (χ3v) is 7.26. The fraction of sp³-hybridized carbons (Fsp3) is 0.391. The number of β-lactam (4-membered cyclic amide) rings is 1. The maximum Gasteiger partial charge on any atom is 0.418 e. The SMILES string of the molecule is CC1(C)[C@H](NC(=O)/C(=N\OCCOc2ccc3nc(NC4CNC4)ccc3c2)c2nsc(N)n2)C(=O)N1OS(=O)(=O)O. The number of benzene rings is 1. The quantitative estimate of drug-likeness (QED) is 0.0574. The van der Waals surface area contributed by atoms with Crippen molar-refractivity contribution < 1.29 is 36.4 Å². The first-order valence-electron chi connectivity index (χ1n) is 12.5. The molecule has 17 nitrogen and oxygen atoms in total. The van der Waals surface area contributed by atoms with Crippen molar-refractivity contribution >= 4 is 61.3 Å². The number of pyridine rings is 1. The summed E-state index contributed by atoms with van der Waals surface area (Å²) in [4.78, 5) is 39.3. The number of anilines is 2. The number of carbonyl (C=O) groups is 2. The van der Waals surface area contributed by atoms with E-state index >= 15 is 0 Å². The Labute approximate surface area is 243 Å². The van der Waals surface area contributed by atoms with Crippen molar-refractivity contribution in [2.75, 3.05) is 37.4 Å². The third kappa shape index (κ3) is 6.49. The predicted octanol–water partition coefficient (Wildman–Crippen LogP) is -0.308. The highest BCUT2D eigenvalue weighted by atomic mass is 32.3. The van der Waals surface area contributed by atoms with Crippen molar-refractivity contribution in [1.82, 2.24) is 30.0 Å². The van der Waals surface area contributed by atoms with E-state index in [0.29, 0.717) is 16.9 Å². The van der Waals surface area contributed by atoms with Crippen molar-refractivity contribution in [3.63, 3.8) is 0 Å². The fourth-order valence-electron chi connectivity index (χ4n) is 4.12. The number of ether oxygens (including phenoxy) is 1. The lowest BCUT2D eigenvalue weighted by molar-refractivity contribution is -0.218. The molecule has 2 aliphatic heterocycles. The van der Waals surface area contributed by atoms with Crippen molar-refractivity contribution in [2.24, 2.45) is 5.16 Å². The smallest absolute Gasteiger partial charge is 0.418 e. The van der Waals surface area contributed by atoms with Crippen LogP contribution in [-0.2, 0) is 29.1 Å². The van der Waals surface area contributed by atoms with Gasteiger partial charge in [0.15, 0.2) is 11.7 Å². The van der Waals surface area contributed by atoms with E-state index < -0.39 is 33.8 Å². The molecule has 0 spiro atoms. The van der Waals surface area contributed by atoms with Crippen LogP contribution in [0.25, 0.3) is 10.9 Å². The van der Waals surface area contributed by atoms with Gasteiger partial charge in [-0.15, -0.1) is 4.28 Å². The van der Waals surface area contributed by atoms with Gasteiger partial charge in [-0.1, -0.05) is 5.16 Å². The number of carbonyl (C=O) groups excluding carboxylic acids is 2. The minimum atomic E-state index is -4.95. The molecule has 0 unspecified atom stereocenters. The van der Waals surface area contributed by atoms with Gasteiger partial charge in [-0.3, -0.25) is 14.1 Å². The third-order valence-electron chi connectivity index (χ3n) is 6.38. The monoisotopic (exact) mass is 621 g/mol. The summed E-state index contributed by atoms with van der Waals surface area (Å²) in [6.45, 7) is 4.67. The molecule has 0 radical (unpaired) electrons. The van der Waals surface area contributed by atoms with Crippen LogP contribution in [-0.4, -0.2) is 93.8 Å². The van der Waals surface area contributed by atoms with E-state index in [-0.39, 0.29) is 29.9 Å². The maximum atomic E-state index is 13.0. The highest BCUT2D eigenvalue weighted by Crippen LogP contribution is 2.33. The summed E-state index contributed by atoms with van der Waals surface area (Å²) in [6, 6.07) is 8.48. The highest BCUT2D eigenvalue weighted by Gasteiger charge is 2.58. The lowest BCUT2D eigenvalue weighted by Gasteiger charge is -2.50. The molecule has 2 aromatic heterocycles. The molecule has 2 aliphatic rings. The van der Waals surface area contributed by atoms with E-state index in [0.717, 1.165) is 41.3 Å². The van der Waals surface area contributed by atoms with Crippen LogP contribution in [0.2, 0.25) is 0 Å². The van der Waals surface area contributed by atoms with Crippen LogP contribution in [0, 0.1) is 0 Å². The molecule has 0 aliphatic carbocycles. The van der Waals surface area contributed by atoms with Gasteiger partial charge in [0, 0.05) is 30.0 Å². The van der Waals surface area contributed by atoms with Gasteiger partial charge in [-0.25, -0.2) is 4.98 Å². The van der Waals surface area contributed by atoms with Crippen molar-refractivity contribution in [1.29, 1.82) is 0 Å². The predicted molar refractivity (Wildman–Crippen MR) is 150 cm³/mol. The van der Waals surface area contributed by atoms with Crippen molar-refractivity contribution in [2.45, 2.75) is 31.5 Å². The molecule has 19 heteroatoms. The number of amides is 2. The largest absolute Gasteiger partial charge is 0.490 e. The summed E-state index contributed by atoms with van der Waals surface area (Å²) in [5.41, 5.74) is 4.75. The average molecular weight is 622 g/mol. The number of nitrogens with zero attached hydrogens (tertiary/aromatic N) is 5. The molecule has 3 aromatic rings. The molecular weight excluding hydrogens is 594 g/mol. The Balaban J connectivity index is 1.18. The topological polar surface area (TPSA) is 233 Å². The van der Waals surface area contributed by atoms with Gasteiger partial charge in [0.05, 0.1) is 17.1 Å². The second kappa shape index (κ2) is 11.6. The van der Waals surface area contributed by atoms with Gasteiger partial charge in [0.25, 0.3) is 11.8 Å². The lowest BCUT2D eigenvalue weighted by atomic mass is 9.84. The molecule has 4 heterocycles. The molecule has 0 bridgehead atoms. The fourth-order valence-corrected chi connectivity index (χ4v) is 5.00. The first kappa shape index (κ1) is 29.3. The zero-order valence-electron chi connectivity index (χ0n) is 22.3. The summed E-state index contributed by atoms with van der Waals surface area (Å²) >= 11 is 0.819. The van der Waals surface area contributed by atoms with Crippen LogP contribution in [0.5, 0.6) is 5.75 Å².